The third-order valence-corrected chi connectivity index (χ3v) is 5.81. The molecular weight excluding hydrogens is 246 g/mol. The van der Waals surface area contributed by atoms with Gasteiger partial charge in [0.05, 0.1) is 0 Å². The molecule has 1 aliphatic carbocycles. The molecular formula is C17H35N3. The molecule has 1 saturated heterocycles. The molecule has 2 rings (SSSR count). The highest BCUT2D eigenvalue weighted by Gasteiger charge is 2.40. The van der Waals surface area contributed by atoms with Gasteiger partial charge in [-0.25, -0.2) is 0 Å². The van der Waals surface area contributed by atoms with Crippen molar-refractivity contribution in [1.29, 1.82) is 0 Å². The largest absolute Gasteiger partial charge is 0.315 e. The van der Waals surface area contributed by atoms with Crippen LogP contribution in [0.2, 0.25) is 0 Å². The summed E-state index contributed by atoms with van der Waals surface area (Å²) < 4.78 is 0. The maximum atomic E-state index is 3.62. The van der Waals surface area contributed by atoms with E-state index in [4.69, 9.17) is 0 Å². The third-order valence-electron chi connectivity index (χ3n) is 5.81. The SMILES string of the molecule is CNC1C(N(C)CC2CCN(C)CC2)CCCC1(C)C. The maximum absolute atomic E-state index is 3.62. The molecule has 3 nitrogen and oxygen atoms in total. The Labute approximate surface area is 126 Å². The van der Waals surface area contributed by atoms with Crippen LogP contribution < -0.4 is 5.32 Å². The lowest BCUT2D eigenvalue weighted by Gasteiger charge is -2.48. The Bertz CT molecular complexity index is 295. The van der Waals surface area contributed by atoms with E-state index in [0.29, 0.717) is 17.5 Å². The van der Waals surface area contributed by atoms with Crippen molar-refractivity contribution in [2.24, 2.45) is 11.3 Å². The molecule has 0 aromatic heterocycles. The fourth-order valence-electron chi connectivity index (χ4n) is 4.46. The topological polar surface area (TPSA) is 18.5 Å². The Kier molecular flexibility index (Phi) is 5.49. The summed E-state index contributed by atoms with van der Waals surface area (Å²) in [5, 5.41) is 3.62. The highest BCUT2D eigenvalue weighted by molar-refractivity contribution is 4.97. The Balaban J connectivity index is 1.91. The average molecular weight is 281 g/mol. The first-order valence-electron chi connectivity index (χ1n) is 8.50. The van der Waals surface area contributed by atoms with E-state index in [1.807, 2.05) is 0 Å². The number of hydrogen-bond donors (Lipinski definition) is 1. The number of nitrogens with one attached hydrogen (secondary N) is 1. The van der Waals surface area contributed by atoms with Gasteiger partial charge in [-0.2, -0.15) is 0 Å². The predicted molar refractivity (Wildman–Crippen MR) is 87.1 cm³/mol. The van der Waals surface area contributed by atoms with Crippen LogP contribution in [0.15, 0.2) is 0 Å². The number of likely N-dealkylation sites (tertiary alicyclic amines) is 1. The molecule has 0 amide bonds. The van der Waals surface area contributed by atoms with E-state index in [2.05, 4.69) is 50.1 Å². The zero-order valence-electron chi connectivity index (χ0n) is 14.3. The van der Waals surface area contributed by atoms with E-state index in [0.717, 1.165) is 5.92 Å². The maximum Gasteiger partial charge on any atom is 0.0271 e. The minimum Gasteiger partial charge on any atom is -0.315 e. The first-order valence-corrected chi connectivity index (χ1v) is 8.50. The number of nitrogens with zero attached hydrogens (tertiary/aromatic N) is 2. The summed E-state index contributed by atoms with van der Waals surface area (Å²) in [5.74, 6) is 0.902. The van der Waals surface area contributed by atoms with Crippen LogP contribution in [0, 0.1) is 11.3 Å². The van der Waals surface area contributed by atoms with E-state index < -0.39 is 0 Å². The molecule has 20 heavy (non-hydrogen) atoms. The minimum atomic E-state index is 0.429. The molecule has 1 aliphatic heterocycles. The van der Waals surface area contributed by atoms with Gasteiger partial charge in [0.1, 0.15) is 0 Å². The van der Waals surface area contributed by atoms with Gasteiger partial charge >= 0.3 is 0 Å². The van der Waals surface area contributed by atoms with Crippen molar-refractivity contribution in [3.63, 3.8) is 0 Å². The molecule has 0 bridgehead atoms. The summed E-state index contributed by atoms with van der Waals surface area (Å²) in [6, 6.07) is 1.34. The normalized spacial score (nSPS) is 32.7. The van der Waals surface area contributed by atoms with Crippen LogP contribution in [0.3, 0.4) is 0 Å². The number of piperidine rings is 1. The molecule has 2 unspecified atom stereocenters. The van der Waals surface area contributed by atoms with Gasteiger partial charge in [0.2, 0.25) is 0 Å². The Hall–Kier alpha value is -0.120. The van der Waals surface area contributed by atoms with Crippen molar-refractivity contribution in [3.8, 4) is 0 Å². The number of rotatable bonds is 4. The molecule has 0 aromatic rings. The van der Waals surface area contributed by atoms with E-state index >= 15 is 0 Å². The van der Waals surface area contributed by atoms with Crippen molar-refractivity contribution < 1.29 is 0 Å². The first-order chi connectivity index (χ1) is 9.44. The fourth-order valence-corrected chi connectivity index (χ4v) is 4.46. The molecule has 0 radical (unpaired) electrons. The lowest BCUT2D eigenvalue weighted by molar-refractivity contribution is 0.0513. The van der Waals surface area contributed by atoms with Gasteiger partial charge in [-0.1, -0.05) is 20.3 Å². The Morgan fingerprint density at radius 3 is 2.45 bits per heavy atom. The van der Waals surface area contributed by atoms with Gasteiger partial charge < -0.3 is 15.1 Å². The molecule has 2 atom stereocenters. The quantitative estimate of drug-likeness (QED) is 0.854. The van der Waals surface area contributed by atoms with E-state index in [-0.39, 0.29) is 0 Å². The van der Waals surface area contributed by atoms with Crippen molar-refractivity contribution in [2.75, 3.05) is 40.8 Å². The minimum absolute atomic E-state index is 0.429. The molecule has 3 heteroatoms. The molecule has 0 spiro atoms. The monoisotopic (exact) mass is 281 g/mol. The van der Waals surface area contributed by atoms with Gasteiger partial charge in [0.15, 0.2) is 0 Å². The zero-order valence-corrected chi connectivity index (χ0v) is 14.3. The summed E-state index contributed by atoms with van der Waals surface area (Å²) in [6.07, 6.45) is 6.85. The van der Waals surface area contributed by atoms with E-state index in [1.54, 1.807) is 0 Å². The zero-order chi connectivity index (χ0) is 14.8. The van der Waals surface area contributed by atoms with Crippen LogP contribution in [-0.4, -0.2) is 62.7 Å². The van der Waals surface area contributed by atoms with Crippen molar-refractivity contribution >= 4 is 0 Å². The van der Waals surface area contributed by atoms with Gasteiger partial charge in [0, 0.05) is 18.6 Å². The van der Waals surface area contributed by atoms with Crippen LogP contribution in [0.25, 0.3) is 0 Å². The number of likely N-dealkylation sites (N-methyl/N-ethyl adjacent to an activating group) is 2. The molecule has 1 heterocycles. The summed E-state index contributed by atoms with van der Waals surface area (Å²) in [5.41, 5.74) is 0.429. The smallest absolute Gasteiger partial charge is 0.0271 e. The van der Waals surface area contributed by atoms with Gasteiger partial charge in [-0.15, -0.1) is 0 Å². The first kappa shape index (κ1) is 16.3. The van der Waals surface area contributed by atoms with Crippen molar-refractivity contribution in [1.82, 2.24) is 15.1 Å². The van der Waals surface area contributed by atoms with Gasteiger partial charge in [-0.3, -0.25) is 0 Å². The second-order valence-corrected chi connectivity index (χ2v) is 7.90. The summed E-state index contributed by atoms with van der Waals surface area (Å²) in [6.45, 7) is 8.72. The Morgan fingerprint density at radius 2 is 1.85 bits per heavy atom. The summed E-state index contributed by atoms with van der Waals surface area (Å²) >= 11 is 0. The molecule has 1 N–H and O–H groups in total. The van der Waals surface area contributed by atoms with Crippen LogP contribution in [0.4, 0.5) is 0 Å². The second kappa shape index (κ2) is 6.76. The third kappa shape index (κ3) is 3.75. The highest BCUT2D eigenvalue weighted by Crippen LogP contribution is 2.37. The molecule has 0 aromatic carbocycles. The number of hydrogen-bond acceptors (Lipinski definition) is 3. The van der Waals surface area contributed by atoms with E-state index in [9.17, 15) is 0 Å². The molecule has 1 saturated carbocycles. The predicted octanol–water partition coefficient (Wildman–Crippen LogP) is 2.43. The average Bonchev–Trinajstić information content (AvgIpc) is 2.40. The van der Waals surface area contributed by atoms with E-state index in [1.165, 1.54) is 51.7 Å². The standard InChI is InChI=1S/C17H35N3/c1-17(2)10-6-7-15(16(17)18-3)20(5)13-14-8-11-19(4)12-9-14/h14-16,18H,6-13H2,1-5H3. The van der Waals surface area contributed by atoms with Crippen molar-refractivity contribution in [2.45, 2.75) is 58.0 Å². The fraction of sp³-hybridized carbons (Fsp3) is 1.00. The highest BCUT2D eigenvalue weighted by atomic mass is 15.2. The van der Waals surface area contributed by atoms with Crippen LogP contribution >= 0.6 is 0 Å². The van der Waals surface area contributed by atoms with Gasteiger partial charge in [0.25, 0.3) is 0 Å². The summed E-state index contributed by atoms with van der Waals surface area (Å²) in [7, 11) is 6.75. The van der Waals surface area contributed by atoms with Crippen LogP contribution in [0.1, 0.15) is 46.0 Å². The lowest BCUT2D eigenvalue weighted by atomic mass is 9.70. The second-order valence-electron chi connectivity index (χ2n) is 7.90. The summed E-state index contributed by atoms with van der Waals surface area (Å²) in [4.78, 5) is 5.13. The Morgan fingerprint density at radius 1 is 1.20 bits per heavy atom. The van der Waals surface area contributed by atoms with Crippen LogP contribution in [-0.2, 0) is 0 Å². The molecule has 2 fully saturated rings. The van der Waals surface area contributed by atoms with Crippen molar-refractivity contribution in [3.05, 3.63) is 0 Å². The molecule has 2 aliphatic rings. The molecule has 118 valence electrons. The van der Waals surface area contributed by atoms with Crippen LogP contribution in [0.5, 0.6) is 0 Å². The van der Waals surface area contributed by atoms with Gasteiger partial charge in [-0.05, 0) is 71.2 Å². The lowest BCUT2D eigenvalue weighted by Crippen LogP contribution is -2.57.